The molecule has 0 saturated heterocycles. The lowest BCUT2D eigenvalue weighted by atomic mass is 10.4. The van der Waals surface area contributed by atoms with Gasteiger partial charge in [0, 0.05) is 13.2 Å². The third kappa shape index (κ3) is 2.53. The van der Waals surface area contributed by atoms with Gasteiger partial charge in [0.05, 0.1) is 18.1 Å². The first-order valence-electron chi connectivity index (χ1n) is 4.70. The Labute approximate surface area is 98.3 Å². The predicted octanol–water partition coefficient (Wildman–Crippen LogP) is 0.198. The van der Waals surface area contributed by atoms with Crippen molar-refractivity contribution in [3.05, 3.63) is 30.7 Å². The van der Waals surface area contributed by atoms with Crippen molar-refractivity contribution in [3.8, 4) is 0 Å². The third-order valence-corrected chi connectivity index (χ3v) is 3.37. The third-order valence-electron chi connectivity index (χ3n) is 2.03. The van der Waals surface area contributed by atoms with Crippen LogP contribution in [-0.4, -0.2) is 23.2 Å². The van der Waals surface area contributed by atoms with E-state index in [9.17, 15) is 8.42 Å². The Balaban J connectivity index is 2.26. The summed E-state index contributed by atoms with van der Waals surface area (Å²) in [6, 6.07) is 3.05. The fourth-order valence-corrected chi connectivity index (χ4v) is 2.24. The van der Waals surface area contributed by atoms with E-state index in [1.807, 2.05) is 0 Å². The minimum atomic E-state index is -3.62. The summed E-state index contributed by atoms with van der Waals surface area (Å²) in [5.74, 6) is 0.328. The average molecular weight is 253 g/mol. The van der Waals surface area contributed by atoms with Crippen molar-refractivity contribution in [2.75, 3.05) is 10.5 Å². The van der Waals surface area contributed by atoms with Crippen LogP contribution in [0.15, 0.2) is 35.6 Å². The van der Waals surface area contributed by atoms with Gasteiger partial charge in [-0.05, 0) is 12.1 Å². The predicted molar refractivity (Wildman–Crippen MR) is 62.7 cm³/mol. The van der Waals surface area contributed by atoms with Crippen molar-refractivity contribution >= 4 is 21.5 Å². The summed E-state index contributed by atoms with van der Waals surface area (Å²) in [5.41, 5.74) is 5.75. The molecule has 90 valence electrons. The number of pyridine rings is 1. The Morgan fingerprint density at radius 2 is 2.12 bits per heavy atom. The van der Waals surface area contributed by atoms with Gasteiger partial charge < -0.3 is 5.73 Å². The average Bonchev–Trinajstić information content (AvgIpc) is 2.69. The standard InChI is InChI=1S/C9H11N5O2S/c1-14-6-8(5-12-14)17(15,16)13-7-2-3-9(10)11-4-7/h2-6,13H,1H3,(H2,10,11). The molecule has 17 heavy (non-hydrogen) atoms. The molecule has 7 nitrogen and oxygen atoms in total. The fourth-order valence-electron chi connectivity index (χ4n) is 1.22. The highest BCUT2D eigenvalue weighted by Crippen LogP contribution is 2.14. The van der Waals surface area contributed by atoms with E-state index in [4.69, 9.17) is 5.73 Å². The van der Waals surface area contributed by atoms with Crippen LogP contribution in [0.3, 0.4) is 0 Å². The molecule has 2 rings (SSSR count). The second kappa shape index (κ2) is 4.06. The van der Waals surface area contributed by atoms with Crippen LogP contribution in [0.4, 0.5) is 11.5 Å². The summed E-state index contributed by atoms with van der Waals surface area (Å²) in [5, 5.41) is 3.80. The first-order chi connectivity index (χ1) is 7.97. The molecule has 0 spiro atoms. The van der Waals surface area contributed by atoms with Gasteiger partial charge in [-0.1, -0.05) is 0 Å². The molecule has 0 aliphatic heterocycles. The number of nitrogens with two attached hydrogens (primary N) is 1. The highest BCUT2D eigenvalue weighted by molar-refractivity contribution is 7.92. The minimum absolute atomic E-state index is 0.0943. The van der Waals surface area contributed by atoms with Crippen LogP contribution >= 0.6 is 0 Å². The van der Waals surface area contributed by atoms with Crippen molar-refractivity contribution in [1.29, 1.82) is 0 Å². The topological polar surface area (TPSA) is 103 Å². The van der Waals surface area contributed by atoms with Gasteiger partial charge in [-0.3, -0.25) is 9.40 Å². The van der Waals surface area contributed by atoms with Crippen molar-refractivity contribution in [2.45, 2.75) is 4.90 Å². The molecule has 0 aliphatic carbocycles. The zero-order chi connectivity index (χ0) is 12.5. The number of anilines is 2. The molecule has 2 heterocycles. The maximum absolute atomic E-state index is 11.9. The number of aryl methyl sites for hydroxylation is 1. The fraction of sp³-hybridized carbons (Fsp3) is 0.111. The van der Waals surface area contributed by atoms with E-state index in [1.165, 1.54) is 35.4 Å². The maximum Gasteiger partial charge on any atom is 0.265 e. The van der Waals surface area contributed by atoms with Gasteiger partial charge in [-0.2, -0.15) is 5.10 Å². The Morgan fingerprint density at radius 1 is 1.35 bits per heavy atom. The van der Waals surface area contributed by atoms with Crippen molar-refractivity contribution in [3.63, 3.8) is 0 Å². The summed E-state index contributed by atoms with van der Waals surface area (Å²) in [4.78, 5) is 3.89. The first kappa shape index (κ1) is 11.4. The molecule has 8 heteroatoms. The molecule has 0 aliphatic rings. The van der Waals surface area contributed by atoms with Gasteiger partial charge in [0.15, 0.2) is 0 Å². The maximum atomic E-state index is 11.9. The summed E-state index contributed by atoms with van der Waals surface area (Å²) in [7, 11) is -1.98. The second-order valence-corrected chi connectivity index (χ2v) is 5.11. The molecule has 2 aromatic heterocycles. The van der Waals surface area contributed by atoms with Crippen molar-refractivity contribution < 1.29 is 8.42 Å². The van der Waals surface area contributed by atoms with Crippen LogP contribution in [0, 0.1) is 0 Å². The number of hydrogen-bond acceptors (Lipinski definition) is 5. The van der Waals surface area contributed by atoms with Gasteiger partial charge in [-0.25, -0.2) is 13.4 Å². The van der Waals surface area contributed by atoms with Gasteiger partial charge in [0.1, 0.15) is 10.7 Å². The summed E-state index contributed by atoms with van der Waals surface area (Å²) < 4.78 is 27.5. The number of nitrogen functional groups attached to an aromatic ring is 1. The van der Waals surface area contributed by atoms with Crippen LogP contribution in [0.5, 0.6) is 0 Å². The monoisotopic (exact) mass is 253 g/mol. The SMILES string of the molecule is Cn1cc(S(=O)(=O)Nc2ccc(N)nc2)cn1. The molecule has 2 aromatic rings. The lowest BCUT2D eigenvalue weighted by Gasteiger charge is -2.05. The van der Waals surface area contributed by atoms with E-state index >= 15 is 0 Å². The lowest BCUT2D eigenvalue weighted by Crippen LogP contribution is -2.12. The number of hydrogen-bond donors (Lipinski definition) is 2. The van der Waals surface area contributed by atoms with E-state index in [1.54, 1.807) is 7.05 Å². The van der Waals surface area contributed by atoms with Crippen LogP contribution in [-0.2, 0) is 17.1 Å². The van der Waals surface area contributed by atoms with E-state index in [0.29, 0.717) is 11.5 Å². The van der Waals surface area contributed by atoms with E-state index < -0.39 is 10.0 Å². The Bertz CT molecular complexity index is 617. The highest BCUT2D eigenvalue weighted by Gasteiger charge is 2.15. The highest BCUT2D eigenvalue weighted by atomic mass is 32.2. The molecule has 0 aromatic carbocycles. The molecule has 0 amide bonds. The van der Waals surface area contributed by atoms with Gasteiger partial charge in [-0.15, -0.1) is 0 Å². The number of nitrogens with zero attached hydrogens (tertiary/aromatic N) is 3. The quantitative estimate of drug-likeness (QED) is 0.813. The molecule has 0 unspecified atom stereocenters. The zero-order valence-electron chi connectivity index (χ0n) is 9.03. The van der Waals surface area contributed by atoms with Gasteiger partial charge in [0.2, 0.25) is 0 Å². The summed E-state index contributed by atoms with van der Waals surface area (Å²) in [6.45, 7) is 0. The second-order valence-electron chi connectivity index (χ2n) is 3.43. The molecular weight excluding hydrogens is 242 g/mol. The van der Waals surface area contributed by atoms with E-state index in [0.717, 1.165) is 0 Å². The Kier molecular flexibility index (Phi) is 2.72. The molecular formula is C9H11N5O2S. The number of aromatic nitrogens is 3. The van der Waals surface area contributed by atoms with Crippen molar-refractivity contribution in [2.24, 2.45) is 7.05 Å². The van der Waals surface area contributed by atoms with E-state index in [2.05, 4.69) is 14.8 Å². The molecule has 0 radical (unpaired) electrons. The van der Waals surface area contributed by atoms with Crippen molar-refractivity contribution in [1.82, 2.24) is 14.8 Å². The summed E-state index contributed by atoms with van der Waals surface area (Å²) in [6.07, 6.45) is 4.03. The number of nitrogens with one attached hydrogen (secondary N) is 1. The first-order valence-corrected chi connectivity index (χ1v) is 6.19. The smallest absolute Gasteiger partial charge is 0.265 e. The zero-order valence-corrected chi connectivity index (χ0v) is 9.85. The summed E-state index contributed by atoms with van der Waals surface area (Å²) >= 11 is 0. The van der Waals surface area contributed by atoms with E-state index in [-0.39, 0.29) is 4.90 Å². The molecule has 0 atom stereocenters. The van der Waals surface area contributed by atoms with Gasteiger partial charge >= 0.3 is 0 Å². The largest absolute Gasteiger partial charge is 0.384 e. The van der Waals surface area contributed by atoms with Crippen LogP contribution in [0.2, 0.25) is 0 Å². The molecule has 0 bridgehead atoms. The number of rotatable bonds is 3. The molecule has 0 saturated carbocycles. The normalized spacial score (nSPS) is 11.4. The van der Waals surface area contributed by atoms with Crippen LogP contribution in [0.25, 0.3) is 0 Å². The van der Waals surface area contributed by atoms with Crippen LogP contribution < -0.4 is 10.5 Å². The van der Waals surface area contributed by atoms with Crippen LogP contribution in [0.1, 0.15) is 0 Å². The minimum Gasteiger partial charge on any atom is -0.384 e. The number of sulfonamides is 1. The van der Waals surface area contributed by atoms with Gasteiger partial charge in [0.25, 0.3) is 10.0 Å². The Morgan fingerprint density at radius 3 is 2.65 bits per heavy atom. The lowest BCUT2D eigenvalue weighted by molar-refractivity contribution is 0.601. The molecule has 0 fully saturated rings. The molecule has 3 N–H and O–H groups in total. The Hall–Kier alpha value is -2.09.